The van der Waals surface area contributed by atoms with Crippen LogP contribution in [0.2, 0.25) is 0 Å². The Morgan fingerprint density at radius 1 is 1.40 bits per heavy atom. The zero-order valence-corrected chi connectivity index (χ0v) is 5.31. The maximum atomic E-state index is 11.4. The molecular formula is C2H3FN2O4S. The zero-order chi connectivity index (χ0) is 8.36. The van der Waals surface area contributed by atoms with Gasteiger partial charge in [0.2, 0.25) is 0 Å². The molecule has 0 spiro atoms. The van der Waals surface area contributed by atoms with Crippen LogP contribution in [-0.2, 0) is 20.0 Å². The van der Waals surface area contributed by atoms with Crippen LogP contribution in [0.15, 0.2) is 0 Å². The van der Waals surface area contributed by atoms with E-state index in [9.17, 15) is 21.9 Å². The van der Waals surface area contributed by atoms with E-state index in [2.05, 4.69) is 5.73 Å². The summed E-state index contributed by atoms with van der Waals surface area (Å²) < 4.78 is 31.2. The molecule has 0 bridgehead atoms. The molecule has 0 aliphatic rings. The predicted molar refractivity (Wildman–Crippen MR) is 27.4 cm³/mol. The molecule has 0 fully saturated rings. The summed E-state index contributed by atoms with van der Waals surface area (Å²) in [6.45, 7) is 0. The third kappa shape index (κ3) is 3.78. The van der Waals surface area contributed by atoms with Gasteiger partial charge in [0.1, 0.15) is 0 Å². The van der Waals surface area contributed by atoms with E-state index >= 15 is 0 Å². The van der Waals surface area contributed by atoms with Crippen molar-refractivity contribution in [2.45, 2.75) is 0 Å². The van der Waals surface area contributed by atoms with Crippen LogP contribution >= 0.6 is 0 Å². The predicted octanol–water partition coefficient (Wildman–Crippen LogP) is -2.20. The quantitative estimate of drug-likeness (QED) is 0.344. The lowest BCUT2D eigenvalue weighted by Crippen LogP contribution is -2.37. The summed E-state index contributed by atoms with van der Waals surface area (Å²) in [4.78, 5) is 19.7. The van der Waals surface area contributed by atoms with Crippen molar-refractivity contribution in [3.8, 4) is 0 Å². The van der Waals surface area contributed by atoms with Crippen molar-refractivity contribution in [1.82, 2.24) is 4.72 Å². The molecule has 0 aromatic rings. The smallest absolute Gasteiger partial charge is 0.361 e. The van der Waals surface area contributed by atoms with Crippen LogP contribution in [0.5, 0.6) is 0 Å². The van der Waals surface area contributed by atoms with Gasteiger partial charge >= 0.3 is 22.2 Å². The largest absolute Gasteiger partial charge is 0.399 e. The van der Waals surface area contributed by atoms with Gasteiger partial charge in [-0.15, -0.1) is 0 Å². The summed E-state index contributed by atoms with van der Waals surface area (Å²) in [6.07, 6.45) is 0. The first-order valence-corrected chi connectivity index (χ1v) is 3.27. The fraction of sp³-hybridized carbons (Fsp3) is 0. The fourth-order valence-electron chi connectivity index (χ4n) is 0.161. The maximum Gasteiger partial charge on any atom is 0.399 e. The van der Waals surface area contributed by atoms with Crippen LogP contribution in [-0.4, -0.2) is 20.2 Å². The van der Waals surface area contributed by atoms with Crippen molar-refractivity contribution in [1.29, 1.82) is 0 Å². The molecule has 0 aliphatic carbocycles. The second-order valence-electron chi connectivity index (χ2n) is 1.23. The molecule has 8 heteroatoms. The number of hydrogen-bond acceptors (Lipinski definition) is 4. The van der Waals surface area contributed by atoms with E-state index in [1.165, 1.54) is 0 Å². The highest BCUT2D eigenvalue weighted by atomic mass is 32.3. The van der Waals surface area contributed by atoms with Gasteiger partial charge in [0.15, 0.2) is 0 Å². The number of amides is 2. The molecule has 0 aromatic heterocycles. The van der Waals surface area contributed by atoms with Crippen LogP contribution in [0.4, 0.5) is 3.89 Å². The molecular weight excluding hydrogens is 167 g/mol. The van der Waals surface area contributed by atoms with Crippen LogP contribution in [0.3, 0.4) is 0 Å². The van der Waals surface area contributed by atoms with Crippen molar-refractivity contribution < 1.29 is 21.9 Å². The second kappa shape index (κ2) is 2.60. The minimum absolute atomic E-state index is 0.711. The van der Waals surface area contributed by atoms with Crippen molar-refractivity contribution in [3.63, 3.8) is 0 Å². The van der Waals surface area contributed by atoms with Crippen molar-refractivity contribution in [2.75, 3.05) is 0 Å². The topological polar surface area (TPSA) is 106 Å². The van der Waals surface area contributed by atoms with E-state index in [-0.39, 0.29) is 0 Å². The average molecular weight is 170 g/mol. The number of carbonyl (C=O) groups is 2. The minimum Gasteiger partial charge on any atom is -0.361 e. The molecule has 0 aliphatic heterocycles. The molecule has 0 heterocycles. The summed E-state index contributed by atoms with van der Waals surface area (Å²) in [5.74, 6) is -3.27. The van der Waals surface area contributed by atoms with E-state index in [4.69, 9.17) is 0 Å². The third-order valence-corrected chi connectivity index (χ3v) is 0.868. The number of halogens is 1. The van der Waals surface area contributed by atoms with Gasteiger partial charge in [-0.1, -0.05) is 3.89 Å². The number of nitrogens with one attached hydrogen (secondary N) is 1. The third-order valence-electron chi connectivity index (χ3n) is 0.438. The standard InChI is InChI=1S/C2H3FN2O4S/c3-10(8,9)5-2(7)1(4)6/h(H2,4,6)(H,5,7). The lowest BCUT2D eigenvalue weighted by atomic mass is 10.6. The molecule has 3 N–H and O–H groups in total. The number of rotatable bonds is 1. The minimum atomic E-state index is -5.17. The Kier molecular flexibility index (Phi) is 2.30. The fourth-order valence-corrected chi connectivity index (χ4v) is 0.483. The van der Waals surface area contributed by atoms with E-state index < -0.39 is 22.2 Å². The lowest BCUT2D eigenvalue weighted by Gasteiger charge is -1.92. The Hall–Kier alpha value is -1.18. The Morgan fingerprint density at radius 3 is 1.90 bits per heavy atom. The SMILES string of the molecule is NC(=O)C(=O)NS(=O)(=O)F. The molecule has 0 radical (unpaired) electrons. The Morgan fingerprint density at radius 2 is 1.80 bits per heavy atom. The van der Waals surface area contributed by atoms with Crippen molar-refractivity contribution in [2.24, 2.45) is 5.73 Å². The van der Waals surface area contributed by atoms with Gasteiger partial charge in [0, 0.05) is 0 Å². The van der Waals surface area contributed by atoms with Gasteiger partial charge in [-0.25, -0.2) is 4.72 Å². The molecule has 0 aromatic carbocycles. The maximum absolute atomic E-state index is 11.4. The molecule has 2 amide bonds. The number of nitrogens with two attached hydrogens (primary N) is 1. The molecule has 0 rings (SSSR count). The van der Waals surface area contributed by atoms with Crippen molar-refractivity contribution in [3.05, 3.63) is 0 Å². The van der Waals surface area contributed by atoms with Crippen molar-refractivity contribution >= 4 is 22.2 Å². The second-order valence-corrected chi connectivity index (χ2v) is 2.31. The van der Waals surface area contributed by atoms with E-state index in [1.807, 2.05) is 0 Å². The molecule has 0 unspecified atom stereocenters. The Balaban J connectivity index is 4.21. The summed E-state index contributed by atoms with van der Waals surface area (Å²) in [7, 11) is -5.17. The zero-order valence-electron chi connectivity index (χ0n) is 4.50. The van der Waals surface area contributed by atoms with Gasteiger partial charge in [-0.2, -0.15) is 8.42 Å². The first-order chi connectivity index (χ1) is 4.33. The van der Waals surface area contributed by atoms with Gasteiger partial charge in [-0.05, 0) is 0 Å². The van der Waals surface area contributed by atoms with E-state index in [0.717, 1.165) is 0 Å². The first kappa shape index (κ1) is 8.82. The van der Waals surface area contributed by atoms with Gasteiger partial charge in [-0.3, -0.25) is 9.59 Å². The summed E-state index contributed by atoms with van der Waals surface area (Å²) >= 11 is 0. The highest BCUT2D eigenvalue weighted by molar-refractivity contribution is 7.85. The molecule has 0 saturated carbocycles. The monoisotopic (exact) mass is 170 g/mol. The highest BCUT2D eigenvalue weighted by Gasteiger charge is 2.16. The normalized spacial score (nSPS) is 10.5. The summed E-state index contributed by atoms with van der Waals surface area (Å²) in [5, 5.41) is 0. The highest BCUT2D eigenvalue weighted by Crippen LogP contribution is 1.81. The van der Waals surface area contributed by atoms with Gasteiger partial charge in [0.05, 0.1) is 0 Å². The van der Waals surface area contributed by atoms with Crippen LogP contribution in [0, 0.1) is 0 Å². The van der Waals surface area contributed by atoms with Gasteiger partial charge < -0.3 is 5.73 Å². The number of carbonyl (C=O) groups excluding carboxylic acids is 2. The molecule has 6 nitrogen and oxygen atoms in total. The molecule has 10 heavy (non-hydrogen) atoms. The van der Waals surface area contributed by atoms with Gasteiger partial charge in [0.25, 0.3) is 0 Å². The first-order valence-electron chi connectivity index (χ1n) is 1.89. The van der Waals surface area contributed by atoms with Crippen LogP contribution < -0.4 is 10.5 Å². The summed E-state index contributed by atoms with van der Waals surface area (Å²) in [5.41, 5.74) is 4.26. The number of primary amides is 1. The molecule has 0 saturated heterocycles. The molecule has 58 valence electrons. The number of hydrogen-bond donors (Lipinski definition) is 2. The summed E-state index contributed by atoms with van der Waals surface area (Å²) in [6, 6.07) is 0. The van der Waals surface area contributed by atoms with Crippen LogP contribution in [0.1, 0.15) is 0 Å². The Labute approximate surface area is 55.5 Å². The Bertz CT molecular complexity index is 256. The van der Waals surface area contributed by atoms with E-state index in [1.54, 1.807) is 0 Å². The van der Waals surface area contributed by atoms with E-state index in [0.29, 0.717) is 4.72 Å². The average Bonchev–Trinajstić information content (AvgIpc) is 1.60. The van der Waals surface area contributed by atoms with Crippen LogP contribution in [0.25, 0.3) is 0 Å². The lowest BCUT2D eigenvalue weighted by molar-refractivity contribution is -0.136. The molecule has 0 atom stereocenters.